The van der Waals surface area contributed by atoms with Gasteiger partial charge in [0.25, 0.3) is 0 Å². The number of benzene rings is 1. The van der Waals surface area contributed by atoms with Crippen LogP contribution in [0.15, 0.2) is 54.8 Å². The fourth-order valence-electron chi connectivity index (χ4n) is 3.29. The van der Waals surface area contributed by atoms with E-state index >= 15 is 0 Å². The summed E-state index contributed by atoms with van der Waals surface area (Å²) in [4.78, 5) is 12.4. The van der Waals surface area contributed by atoms with E-state index in [-0.39, 0.29) is 30.8 Å². The average molecular weight is 421 g/mol. The normalized spacial score (nSPS) is 20.9. The molecule has 2 rings (SSSR count). The molecule has 1 N–H and O–H groups in total. The number of hydrogen-bond donors (Lipinski definition) is 1. The Hall–Kier alpha value is -2.19. The van der Waals surface area contributed by atoms with Gasteiger partial charge in [0.1, 0.15) is 6.61 Å². The Morgan fingerprint density at radius 1 is 1.17 bits per heavy atom. The summed E-state index contributed by atoms with van der Waals surface area (Å²) in [5.41, 5.74) is 1.07. The fraction of sp³-hybridized carbons (Fsp3) is 0.522. The average Bonchev–Trinajstić information content (AvgIpc) is 2.78. The highest BCUT2D eigenvalue weighted by Crippen LogP contribution is 2.38. The van der Waals surface area contributed by atoms with Gasteiger partial charge in [-0.15, -0.1) is 0 Å². The minimum absolute atomic E-state index is 0.00188. The second-order valence-electron chi connectivity index (χ2n) is 6.70. The van der Waals surface area contributed by atoms with Crippen LogP contribution >= 0.6 is 0 Å². The maximum absolute atomic E-state index is 12.4. The minimum atomic E-state index is -0.592. The summed E-state index contributed by atoms with van der Waals surface area (Å²) >= 11 is 0. The van der Waals surface area contributed by atoms with Crippen LogP contribution in [0.25, 0.3) is 0 Å². The molecule has 3 atom stereocenters. The molecule has 0 bridgehead atoms. The van der Waals surface area contributed by atoms with Gasteiger partial charge in [-0.3, -0.25) is 0 Å². The van der Waals surface area contributed by atoms with E-state index in [1.807, 2.05) is 43.3 Å². The number of carbonyl (C=O) groups excluding carboxylic acids is 1. The quantitative estimate of drug-likeness (QED) is 0.281. The zero-order valence-corrected chi connectivity index (χ0v) is 17.5. The third kappa shape index (κ3) is 7.57. The Morgan fingerprint density at radius 2 is 1.90 bits per heavy atom. The highest BCUT2D eigenvalue weighted by atomic mass is 16.7. The van der Waals surface area contributed by atoms with Crippen molar-refractivity contribution in [3.05, 3.63) is 60.4 Å². The van der Waals surface area contributed by atoms with Crippen LogP contribution in [0, 0.1) is 5.92 Å². The molecule has 0 aromatic heterocycles. The lowest BCUT2D eigenvalue weighted by Gasteiger charge is -2.36. The lowest BCUT2D eigenvalue weighted by atomic mass is 9.81. The Kier molecular flexibility index (Phi) is 11.2. The highest BCUT2D eigenvalue weighted by molar-refractivity contribution is 5.86. The highest BCUT2D eigenvalue weighted by Gasteiger charge is 2.38. The second kappa shape index (κ2) is 13.9. The van der Waals surface area contributed by atoms with Crippen LogP contribution in [-0.2, 0) is 28.5 Å². The van der Waals surface area contributed by atoms with Gasteiger partial charge >= 0.3 is 5.97 Å². The van der Waals surface area contributed by atoms with Crippen LogP contribution < -0.4 is 0 Å². The summed E-state index contributed by atoms with van der Waals surface area (Å²) in [5.74, 6) is -0.506. The molecule has 7 heteroatoms. The summed E-state index contributed by atoms with van der Waals surface area (Å²) < 4.78 is 27.8. The van der Waals surface area contributed by atoms with Crippen molar-refractivity contribution in [3.8, 4) is 0 Å². The van der Waals surface area contributed by atoms with Gasteiger partial charge in [-0.2, -0.15) is 0 Å². The number of ether oxygens (including phenoxy) is 5. The summed E-state index contributed by atoms with van der Waals surface area (Å²) in [7, 11) is 0. The van der Waals surface area contributed by atoms with Gasteiger partial charge < -0.3 is 28.8 Å². The van der Waals surface area contributed by atoms with Gasteiger partial charge in [-0.05, 0) is 25.0 Å². The molecule has 0 aliphatic carbocycles. The van der Waals surface area contributed by atoms with Crippen molar-refractivity contribution < 1.29 is 33.6 Å². The van der Waals surface area contributed by atoms with Crippen LogP contribution in [-0.4, -0.2) is 63.6 Å². The van der Waals surface area contributed by atoms with Gasteiger partial charge in [0.15, 0.2) is 0 Å². The van der Waals surface area contributed by atoms with Crippen molar-refractivity contribution >= 4 is 5.97 Å². The van der Waals surface area contributed by atoms with Crippen molar-refractivity contribution in [1.29, 1.82) is 0 Å². The molecular weight excluding hydrogens is 388 g/mol. The number of hydrogen-bond acceptors (Lipinski definition) is 7. The smallest absolute Gasteiger partial charge is 0.373 e. The third-order valence-corrected chi connectivity index (χ3v) is 4.64. The number of allylic oxidation sites excluding steroid dienone is 1. The molecule has 0 unspecified atom stereocenters. The first-order chi connectivity index (χ1) is 14.7. The fourth-order valence-corrected chi connectivity index (χ4v) is 3.29. The summed E-state index contributed by atoms with van der Waals surface area (Å²) in [6.45, 7) is 7.69. The summed E-state index contributed by atoms with van der Waals surface area (Å²) in [6, 6.07) is 9.94. The van der Waals surface area contributed by atoms with Gasteiger partial charge in [-0.25, -0.2) is 4.79 Å². The first-order valence-electron chi connectivity index (χ1n) is 10.3. The van der Waals surface area contributed by atoms with Crippen molar-refractivity contribution in [2.75, 3.05) is 46.2 Å². The van der Waals surface area contributed by atoms with Gasteiger partial charge in [0.05, 0.1) is 26.4 Å². The number of carbonyl (C=O) groups is 1. The predicted octanol–water partition coefficient (Wildman–Crippen LogP) is 2.81. The van der Waals surface area contributed by atoms with Crippen LogP contribution in [0.1, 0.15) is 24.8 Å². The van der Waals surface area contributed by atoms with Gasteiger partial charge in [0, 0.05) is 25.0 Å². The maximum atomic E-state index is 12.4. The molecule has 1 heterocycles. The predicted molar refractivity (Wildman–Crippen MR) is 112 cm³/mol. The molecule has 0 fully saturated rings. The molecule has 0 amide bonds. The molecule has 1 aliphatic rings. The summed E-state index contributed by atoms with van der Waals surface area (Å²) in [6.07, 6.45) is 3.41. The maximum Gasteiger partial charge on any atom is 0.373 e. The minimum Gasteiger partial charge on any atom is -0.457 e. The van der Waals surface area contributed by atoms with E-state index in [0.717, 1.165) is 5.56 Å². The molecule has 1 aromatic rings. The molecule has 0 spiro atoms. The number of rotatable bonds is 14. The number of aliphatic hydroxyl groups is 1. The lowest BCUT2D eigenvalue weighted by Crippen LogP contribution is -2.37. The monoisotopic (exact) mass is 420 g/mol. The Labute approximate surface area is 178 Å². The van der Waals surface area contributed by atoms with E-state index < -0.39 is 12.3 Å². The van der Waals surface area contributed by atoms with Crippen LogP contribution in [0.2, 0.25) is 0 Å². The zero-order valence-electron chi connectivity index (χ0n) is 17.5. The van der Waals surface area contributed by atoms with Crippen LogP contribution in [0.4, 0.5) is 0 Å². The van der Waals surface area contributed by atoms with Gasteiger partial charge in [0.2, 0.25) is 12.0 Å². The second-order valence-corrected chi connectivity index (χ2v) is 6.70. The van der Waals surface area contributed by atoms with Crippen molar-refractivity contribution in [3.63, 3.8) is 0 Å². The van der Waals surface area contributed by atoms with E-state index in [9.17, 15) is 4.79 Å². The Balaban J connectivity index is 2.12. The van der Waals surface area contributed by atoms with Crippen LogP contribution in [0.3, 0.4) is 0 Å². The Bertz CT molecular complexity index is 659. The molecule has 166 valence electrons. The topological polar surface area (TPSA) is 83.5 Å². The standard InChI is InChI=1S/C23H32O7/c1-3-12-29-22(25)21-17-20(18-8-6-5-7-9-18)19(23(30-21)28-4-2)10-13-26-15-16-27-14-11-24/h3,5-9,17,19-20,23-24H,1,4,10-16H2,2H3/t19-,20+,23+/m0/s1. The zero-order chi connectivity index (χ0) is 21.6. The molecule has 1 aliphatic heterocycles. The van der Waals surface area contributed by atoms with E-state index in [2.05, 4.69) is 6.58 Å². The first kappa shape index (κ1) is 24.1. The number of aliphatic hydroxyl groups excluding tert-OH is 1. The molecule has 0 saturated carbocycles. The molecular formula is C23H32O7. The molecule has 0 radical (unpaired) electrons. The molecule has 7 nitrogen and oxygen atoms in total. The van der Waals surface area contributed by atoms with Crippen molar-refractivity contribution in [2.24, 2.45) is 5.92 Å². The lowest BCUT2D eigenvalue weighted by molar-refractivity contribution is -0.176. The molecule has 30 heavy (non-hydrogen) atoms. The first-order valence-corrected chi connectivity index (χ1v) is 10.3. The molecule has 1 aromatic carbocycles. The number of esters is 1. The van der Waals surface area contributed by atoms with E-state index in [4.69, 9.17) is 28.8 Å². The molecule has 0 saturated heterocycles. The van der Waals surface area contributed by atoms with Gasteiger partial charge in [-0.1, -0.05) is 43.0 Å². The SMILES string of the molecule is C=CCOC(=O)C1=C[C@H](c2ccccc2)[C@H](CCOCCOCCO)[C@H](OCC)O1. The van der Waals surface area contributed by atoms with Crippen LogP contribution in [0.5, 0.6) is 0 Å². The van der Waals surface area contributed by atoms with Crippen molar-refractivity contribution in [2.45, 2.75) is 25.6 Å². The van der Waals surface area contributed by atoms with E-state index in [1.54, 1.807) is 0 Å². The Morgan fingerprint density at radius 3 is 2.57 bits per heavy atom. The van der Waals surface area contributed by atoms with Crippen molar-refractivity contribution in [1.82, 2.24) is 0 Å². The third-order valence-electron chi connectivity index (χ3n) is 4.64. The van der Waals surface area contributed by atoms with E-state index in [1.165, 1.54) is 6.08 Å². The largest absolute Gasteiger partial charge is 0.457 e. The summed E-state index contributed by atoms with van der Waals surface area (Å²) in [5, 5.41) is 8.73. The van der Waals surface area contributed by atoms with E-state index in [0.29, 0.717) is 39.5 Å².